The molecular weight excluding hydrogens is 164 g/mol. The van der Waals surface area contributed by atoms with Crippen molar-refractivity contribution in [3.63, 3.8) is 0 Å². The molecule has 0 heterocycles. The fourth-order valence-corrected chi connectivity index (χ4v) is 0.911. The predicted molar refractivity (Wildman–Crippen MR) is 55.7 cm³/mol. The molecule has 3 nitrogen and oxygen atoms in total. The zero-order valence-electron chi connectivity index (χ0n) is 9.24. The molecule has 0 rings (SSSR count). The third-order valence-corrected chi connectivity index (χ3v) is 2.26. The number of hydrogen-bond acceptors (Lipinski definition) is 2. The van der Waals surface area contributed by atoms with Gasteiger partial charge in [-0.05, 0) is 27.3 Å². The second kappa shape index (κ2) is 5.97. The van der Waals surface area contributed by atoms with Gasteiger partial charge in [-0.25, -0.2) is 0 Å². The van der Waals surface area contributed by atoms with Crippen molar-refractivity contribution in [3.05, 3.63) is 0 Å². The largest absolute Gasteiger partial charge is 0.355 e. The van der Waals surface area contributed by atoms with E-state index < -0.39 is 5.54 Å². The van der Waals surface area contributed by atoms with Crippen LogP contribution in [0.2, 0.25) is 0 Å². The minimum Gasteiger partial charge on any atom is -0.355 e. The van der Waals surface area contributed by atoms with Crippen molar-refractivity contribution in [1.29, 1.82) is 0 Å². The van der Waals surface area contributed by atoms with Crippen LogP contribution < -0.4 is 10.6 Å². The Kier molecular flexibility index (Phi) is 5.71. The first-order valence-electron chi connectivity index (χ1n) is 5.01. The number of carbonyl (C=O) groups excluding carboxylic acids is 1. The van der Waals surface area contributed by atoms with Crippen LogP contribution in [0.5, 0.6) is 0 Å². The van der Waals surface area contributed by atoms with E-state index in [0.29, 0.717) is 0 Å². The van der Waals surface area contributed by atoms with E-state index >= 15 is 0 Å². The highest BCUT2D eigenvalue weighted by Gasteiger charge is 2.24. The van der Waals surface area contributed by atoms with Gasteiger partial charge in [-0.15, -0.1) is 0 Å². The molecule has 2 N–H and O–H groups in total. The smallest absolute Gasteiger partial charge is 0.239 e. The van der Waals surface area contributed by atoms with Crippen molar-refractivity contribution in [1.82, 2.24) is 10.6 Å². The quantitative estimate of drug-likeness (QED) is 0.614. The van der Waals surface area contributed by atoms with Gasteiger partial charge in [-0.2, -0.15) is 0 Å². The molecule has 78 valence electrons. The van der Waals surface area contributed by atoms with Crippen molar-refractivity contribution in [2.75, 3.05) is 13.6 Å². The van der Waals surface area contributed by atoms with Gasteiger partial charge < -0.3 is 10.6 Å². The van der Waals surface area contributed by atoms with Gasteiger partial charge in [0.25, 0.3) is 0 Å². The van der Waals surface area contributed by atoms with Gasteiger partial charge in [0.15, 0.2) is 0 Å². The highest BCUT2D eigenvalue weighted by molar-refractivity contribution is 5.85. The summed E-state index contributed by atoms with van der Waals surface area (Å²) in [5.74, 6) is 0.0751. The fraction of sp³-hybridized carbons (Fsp3) is 0.900. The third kappa shape index (κ3) is 4.88. The lowest BCUT2D eigenvalue weighted by molar-refractivity contribution is -0.126. The van der Waals surface area contributed by atoms with Crippen LogP contribution >= 0.6 is 0 Å². The highest BCUT2D eigenvalue weighted by atomic mass is 16.2. The van der Waals surface area contributed by atoms with E-state index in [1.165, 1.54) is 12.8 Å². The fourth-order valence-electron chi connectivity index (χ4n) is 0.911. The summed E-state index contributed by atoms with van der Waals surface area (Å²) in [7, 11) is 1.80. The Hall–Kier alpha value is -0.570. The SMILES string of the molecule is CCCCCNC(=O)C(C)(C)NC. The topological polar surface area (TPSA) is 41.1 Å². The van der Waals surface area contributed by atoms with Gasteiger partial charge in [0.05, 0.1) is 5.54 Å². The summed E-state index contributed by atoms with van der Waals surface area (Å²) in [6.45, 7) is 6.70. The number of carbonyl (C=O) groups is 1. The monoisotopic (exact) mass is 186 g/mol. The summed E-state index contributed by atoms with van der Waals surface area (Å²) in [4.78, 5) is 11.5. The molecule has 0 aliphatic heterocycles. The van der Waals surface area contributed by atoms with Crippen molar-refractivity contribution < 1.29 is 4.79 Å². The molecule has 13 heavy (non-hydrogen) atoms. The lowest BCUT2D eigenvalue weighted by Crippen LogP contribution is -2.51. The van der Waals surface area contributed by atoms with Gasteiger partial charge in [-0.3, -0.25) is 4.79 Å². The van der Waals surface area contributed by atoms with Crippen LogP contribution in [0.1, 0.15) is 40.0 Å². The van der Waals surface area contributed by atoms with Crippen LogP contribution in [-0.2, 0) is 4.79 Å². The van der Waals surface area contributed by atoms with Gasteiger partial charge >= 0.3 is 0 Å². The Morgan fingerprint density at radius 2 is 1.92 bits per heavy atom. The Morgan fingerprint density at radius 3 is 2.38 bits per heavy atom. The van der Waals surface area contributed by atoms with Gasteiger partial charge in [0.2, 0.25) is 5.91 Å². The number of amides is 1. The zero-order valence-corrected chi connectivity index (χ0v) is 9.24. The van der Waals surface area contributed by atoms with E-state index in [2.05, 4.69) is 17.6 Å². The maximum atomic E-state index is 11.5. The summed E-state index contributed by atoms with van der Waals surface area (Å²) in [5, 5.41) is 5.88. The first-order chi connectivity index (χ1) is 6.04. The molecule has 0 aromatic rings. The molecule has 0 aliphatic carbocycles. The molecule has 0 aliphatic rings. The minimum atomic E-state index is -0.452. The molecule has 0 unspecified atom stereocenters. The normalized spacial score (nSPS) is 11.4. The van der Waals surface area contributed by atoms with Crippen LogP contribution in [0, 0.1) is 0 Å². The van der Waals surface area contributed by atoms with Crippen LogP contribution in [0.25, 0.3) is 0 Å². The maximum absolute atomic E-state index is 11.5. The Balaban J connectivity index is 3.62. The molecule has 0 atom stereocenters. The molecule has 0 aromatic heterocycles. The highest BCUT2D eigenvalue weighted by Crippen LogP contribution is 2.00. The number of hydrogen-bond donors (Lipinski definition) is 2. The average molecular weight is 186 g/mol. The summed E-state index contributed by atoms with van der Waals surface area (Å²) in [6, 6.07) is 0. The molecule has 0 saturated carbocycles. The molecule has 0 fully saturated rings. The molecule has 0 radical (unpaired) electrons. The predicted octanol–water partition coefficient (Wildman–Crippen LogP) is 1.29. The summed E-state index contributed by atoms with van der Waals surface area (Å²) in [6.07, 6.45) is 3.44. The lowest BCUT2D eigenvalue weighted by Gasteiger charge is -2.22. The molecular formula is C10H22N2O. The average Bonchev–Trinajstić information content (AvgIpc) is 2.12. The van der Waals surface area contributed by atoms with Crippen LogP contribution in [0.4, 0.5) is 0 Å². The molecule has 1 amide bonds. The van der Waals surface area contributed by atoms with Gasteiger partial charge in [0.1, 0.15) is 0 Å². The number of unbranched alkanes of at least 4 members (excludes halogenated alkanes) is 2. The van der Waals surface area contributed by atoms with Crippen molar-refractivity contribution >= 4 is 5.91 Å². The molecule has 0 spiro atoms. The standard InChI is InChI=1S/C10H22N2O/c1-5-6-7-8-12-9(13)10(2,3)11-4/h11H,5-8H2,1-4H3,(H,12,13). The van der Waals surface area contributed by atoms with E-state index in [1.807, 2.05) is 13.8 Å². The van der Waals surface area contributed by atoms with Crippen LogP contribution in [-0.4, -0.2) is 25.0 Å². The second-order valence-corrected chi connectivity index (χ2v) is 3.84. The van der Waals surface area contributed by atoms with E-state index in [1.54, 1.807) is 7.05 Å². The van der Waals surface area contributed by atoms with Crippen molar-refractivity contribution in [2.24, 2.45) is 0 Å². The van der Waals surface area contributed by atoms with Crippen LogP contribution in [0.15, 0.2) is 0 Å². The summed E-state index contributed by atoms with van der Waals surface area (Å²) >= 11 is 0. The number of rotatable bonds is 6. The minimum absolute atomic E-state index is 0.0751. The molecule has 3 heteroatoms. The first-order valence-corrected chi connectivity index (χ1v) is 5.01. The van der Waals surface area contributed by atoms with Crippen molar-refractivity contribution in [2.45, 2.75) is 45.6 Å². The Bertz CT molecular complexity index is 155. The van der Waals surface area contributed by atoms with Gasteiger partial charge in [0, 0.05) is 6.54 Å². The van der Waals surface area contributed by atoms with Crippen LogP contribution in [0.3, 0.4) is 0 Å². The Labute approximate surface area is 81.3 Å². The van der Waals surface area contributed by atoms with E-state index in [0.717, 1.165) is 13.0 Å². The van der Waals surface area contributed by atoms with E-state index in [-0.39, 0.29) is 5.91 Å². The van der Waals surface area contributed by atoms with Crippen molar-refractivity contribution in [3.8, 4) is 0 Å². The van der Waals surface area contributed by atoms with E-state index in [4.69, 9.17) is 0 Å². The third-order valence-electron chi connectivity index (χ3n) is 2.26. The number of nitrogens with one attached hydrogen (secondary N) is 2. The zero-order chi connectivity index (χ0) is 10.3. The first kappa shape index (κ1) is 12.4. The van der Waals surface area contributed by atoms with Gasteiger partial charge in [-0.1, -0.05) is 19.8 Å². The molecule has 0 saturated heterocycles. The van der Waals surface area contributed by atoms with E-state index in [9.17, 15) is 4.79 Å². The summed E-state index contributed by atoms with van der Waals surface area (Å²) in [5.41, 5.74) is -0.452. The lowest BCUT2D eigenvalue weighted by atomic mass is 10.1. The maximum Gasteiger partial charge on any atom is 0.239 e. The Morgan fingerprint density at radius 1 is 1.31 bits per heavy atom. The second-order valence-electron chi connectivity index (χ2n) is 3.84. The molecule has 0 bridgehead atoms. The molecule has 0 aromatic carbocycles. The number of likely N-dealkylation sites (N-methyl/N-ethyl adjacent to an activating group) is 1. The summed E-state index contributed by atoms with van der Waals surface area (Å²) < 4.78 is 0.